The summed E-state index contributed by atoms with van der Waals surface area (Å²) >= 11 is 5.96. The predicted octanol–water partition coefficient (Wildman–Crippen LogP) is 4.00. The maximum atomic E-state index is 11.1. The quantitative estimate of drug-likeness (QED) is 0.470. The van der Waals surface area contributed by atoms with Crippen LogP contribution in [0, 0.1) is 20.2 Å². The fourth-order valence-corrected chi connectivity index (χ4v) is 2.22. The van der Waals surface area contributed by atoms with Crippen molar-refractivity contribution in [3.8, 4) is 5.75 Å². The van der Waals surface area contributed by atoms with Crippen LogP contribution in [0.3, 0.4) is 0 Å². The number of ether oxygens (including phenoxy) is 1. The van der Waals surface area contributed by atoms with E-state index >= 15 is 0 Å². The molecule has 2 rings (SSSR count). The number of methoxy groups -OCH3 is 1. The van der Waals surface area contributed by atoms with Gasteiger partial charge in [-0.3, -0.25) is 25.7 Å². The largest absolute Gasteiger partial charge is 0.496 e. The standard InChI is InChI=1S/C15H13ClN4O5/c1-9(12-7-10(16)3-6-15(12)25-2)17-18-13-5-4-11(19(21)22)8-14(13)20(23)24/h3-8,18H,1-2H3/b17-9+. The van der Waals surface area contributed by atoms with Gasteiger partial charge < -0.3 is 4.74 Å². The van der Waals surface area contributed by atoms with Crippen LogP contribution in [0.1, 0.15) is 12.5 Å². The first kappa shape index (κ1) is 18.1. The molecule has 25 heavy (non-hydrogen) atoms. The predicted molar refractivity (Wildman–Crippen MR) is 93.6 cm³/mol. The molecule has 0 unspecified atom stereocenters. The number of hydrogen-bond donors (Lipinski definition) is 1. The highest BCUT2D eigenvalue weighted by Crippen LogP contribution is 2.29. The molecule has 0 aliphatic carbocycles. The summed E-state index contributed by atoms with van der Waals surface area (Å²) in [7, 11) is 1.49. The van der Waals surface area contributed by atoms with Gasteiger partial charge in [0, 0.05) is 16.7 Å². The molecule has 1 N–H and O–H groups in total. The van der Waals surface area contributed by atoms with Crippen molar-refractivity contribution in [1.29, 1.82) is 0 Å². The van der Waals surface area contributed by atoms with Crippen LogP contribution in [-0.4, -0.2) is 22.7 Å². The highest BCUT2D eigenvalue weighted by molar-refractivity contribution is 6.31. The summed E-state index contributed by atoms with van der Waals surface area (Å²) in [5.41, 5.74) is 2.81. The molecule has 2 aromatic carbocycles. The molecule has 0 spiro atoms. The number of nitro groups is 2. The highest BCUT2D eigenvalue weighted by Gasteiger charge is 2.19. The van der Waals surface area contributed by atoms with E-state index in [-0.39, 0.29) is 11.4 Å². The number of benzene rings is 2. The summed E-state index contributed by atoms with van der Waals surface area (Å²) in [5, 5.41) is 26.4. The van der Waals surface area contributed by atoms with Crippen LogP contribution in [0.4, 0.5) is 17.1 Å². The number of hydrazone groups is 1. The van der Waals surface area contributed by atoms with Crippen molar-refractivity contribution in [2.45, 2.75) is 6.92 Å². The van der Waals surface area contributed by atoms with Gasteiger partial charge in [-0.2, -0.15) is 5.10 Å². The van der Waals surface area contributed by atoms with E-state index in [0.29, 0.717) is 22.0 Å². The summed E-state index contributed by atoms with van der Waals surface area (Å²) in [6.07, 6.45) is 0. The number of rotatable bonds is 6. The van der Waals surface area contributed by atoms with Gasteiger partial charge in [-0.05, 0) is 31.2 Å². The Kier molecular flexibility index (Phi) is 5.50. The van der Waals surface area contributed by atoms with Crippen LogP contribution in [-0.2, 0) is 0 Å². The lowest BCUT2D eigenvalue weighted by molar-refractivity contribution is -0.393. The molecule has 0 saturated heterocycles. The number of nitrogens with one attached hydrogen (secondary N) is 1. The minimum Gasteiger partial charge on any atom is -0.496 e. The number of halogens is 1. The number of non-ortho nitro benzene ring substituents is 1. The Morgan fingerprint density at radius 1 is 1.16 bits per heavy atom. The van der Waals surface area contributed by atoms with Gasteiger partial charge in [-0.25, -0.2) is 0 Å². The van der Waals surface area contributed by atoms with Gasteiger partial charge >= 0.3 is 5.69 Å². The van der Waals surface area contributed by atoms with E-state index in [1.54, 1.807) is 25.1 Å². The third-order valence-electron chi connectivity index (χ3n) is 3.28. The summed E-state index contributed by atoms with van der Waals surface area (Å²) in [5.74, 6) is 0.533. The van der Waals surface area contributed by atoms with Crippen LogP contribution >= 0.6 is 11.6 Å². The molecule has 0 aromatic heterocycles. The summed E-state index contributed by atoms with van der Waals surface area (Å²) in [4.78, 5) is 20.4. The second-order valence-electron chi connectivity index (χ2n) is 4.87. The molecule has 0 fully saturated rings. The topological polar surface area (TPSA) is 120 Å². The third-order valence-corrected chi connectivity index (χ3v) is 3.52. The average Bonchev–Trinajstić information content (AvgIpc) is 2.59. The van der Waals surface area contributed by atoms with Gasteiger partial charge in [0.05, 0.1) is 28.7 Å². The maximum absolute atomic E-state index is 11.1. The second kappa shape index (κ2) is 7.58. The third kappa shape index (κ3) is 4.21. The molecule has 0 aliphatic rings. The first-order chi connectivity index (χ1) is 11.8. The molecular formula is C15H13ClN4O5. The van der Waals surface area contributed by atoms with Crippen molar-refractivity contribution in [3.63, 3.8) is 0 Å². The van der Waals surface area contributed by atoms with Gasteiger partial charge in [0.1, 0.15) is 11.4 Å². The smallest absolute Gasteiger partial charge is 0.301 e. The molecule has 0 bridgehead atoms. The molecule has 0 heterocycles. The van der Waals surface area contributed by atoms with Gasteiger partial charge in [0.15, 0.2) is 0 Å². The van der Waals surface area contributed by atoms with Gasteiger partial charge in [0.2, 0.25) is 0 Å². The zero-order valence-electron chi connectivity index (χ0n) is 13.2. The SMILES string of the molecule is COc1ccc(Cl)cc1/C(C)=N/Nc1ccc([N+](=O)[O-])cc1[N+](=O)[O-]. The first-order valence-electron chi connectivity index (χ1n) is 6.90. The fraction of sp³-hybridized carbons (Fsp3) is 0.133. The van der Waals surface area contributed by atoms with Crippen LogP contribution < -0.4 is 10.2 Å². The maximum Gasteiger partial charge on any atom is 0.301 e. The van der Waals surface area contributed by atoms with Gasteiger partial charge in [-0.15, -0.1) is 0 Å². The number of hydrogen-bond acceptors (Lipinski definition) is 7. The Hall–Kier alpha value is -3.20. The van der Waals surface area contributed by atoms with Crippen LogP contribution in [0.15, 0.2) is 41.5 Å². The fourth-order valence-electron chi connectivity index (χ4n) is 2.05. The average molecular weight is 365 g/mol. The van der Waals surface area contributed by atoms with Crippen molar-refractivity contribution < 1.29 is 14.6 Å². The summed E-state index contributed by atoms with van der Waals surface area (Å²) in [6, 6.07) is 8.22. The highest BCUT2D eigenvalue weighted by atomic mass is 35.5. The Labute approximate surface area is 147 Å². The molecule has 0 aliphatic heterocycles. The molecule has 0 radical (unpaired) electrons. The van der Waals surface area contributed by atoms with Crippen molar-refractivity contribution in [2.75, 3.05) is 12.5 Å². The minimum absolute atomic E-state index is 0.0240. The molecule has 10 heteroatoms. The Morgan fingerprint density at radius 3 is 2.48 bits per heavy atom. The van der Waals surface area contributed by atoms with E-state index in [4.69, 9.17) is 16.3 Å². The molecule has 9 nitrogen and oxygen atoms in total. The van der Waals surface area contributed by atoms with E-state index in [1.807, 2.05) is 0 Å². The zero-order chi connectivity index (χ0) is 18.6. The van der Waals surface area contributed by atoms with Crippen LogP contribution in [0.25, 0.3) is 0 Å². The molecule has 0 atom stereocenters. The summed E-state index contributed by atoms with van der Waals surface area (Å²) in [6.45, 7) is 1.67. The van der Waals surface area contributed by atoms with E-state index in [0.717, 1.165) is 12.1 Å². The molecule has 2 aromatic rings. The van der Waals surface area contributed by atoms with E-state index in [1.165, 1.54) is 13.2 Å². The number of nitrogens with zero attached hydrogens (tertiary/aromatic N) is 3. The van der Waals surface area contributed by atoms with Crippen LogP contribution in [0.2, 0.25) is 5.02 Å². The lowest BCUT2D eigenvalue weighted by atomic mass is 10.1. The Morgan fingerprint density at radius 2 is 1.88 bits per heavy atom. The molecule has 0 amide bonds. The molecule has 0 saturated carbocycles. The lowest BCUT2D eigenvalue weighted by Crippen LogP contribution is -2.04. The Balaban J connectivity index is 2.37. The Bertz CT molecular complexity index is 869. The van der Waals surface area contributed by atoms with Crippen molar-refractivity contribution >= 4 is 34.4 Å². The van der Waals surface area contributed by atoms with Gasteiger partial charge in [0.25, 0.3) is 5.69 Å². The second-order valence-corrected chi connectivity index (χ2v) is 5.31. The molecular weight excluding hydrogens is 352 g/mol. The molecule has 130 valence electrons. The normalized spacial score (nSPS) is 11.1. The first-order valence-corrected chi connectivity index (χ1v) is 7.28. The van der Waals surface area contributed by atoms with E-state index in [2.05, 4.69) is 10.5 Å². The van der Waals surface area contributed by atoms with E-state index < -0.39 is 15.5 Å². The van der Waals surface area contributed by atoms with Crippen molar-refractivity contribution in [2.24, 2.45) is 5.10 Å². The van der Waals surface area contributed by atoms with Gasteiger partial charge in [-0.1, -0.05) is 11.6 Å². The minimum atomic E-state index is -0.722. The van der Waals surface area contributed by atoms with E-state index in [9.17, 15) is 20.2 Å². The lowest BCUT2D eigenvalue weighted by Gasteiger charge is -2.09. The van der Waals surface area contributed by atoms with Crippen LogP contribution in [0.5, 0.6) is 5.75 Å². The number of nitro benzene ring substituents is 2. The monoisotopic (exact) mass is 364 g/mol. The number of anilines is 1. The van der Waals surface area contributed by atoms with Crippen molar-refractivity contribution in [1.82, 2.24) is 0 Å². The van der Waals surface area contributed by atoms with Crippen molar-refractivity contribution in [3.05, 3.63) is 67.2 Å². The zero-order valence-corrected chi connectivity index (χ0v) is 14.0. The summed E-state index contributed by atoms with van der Waals surface area (Å²) < 4.78 is 5.23.